The van der Waals surface area contributed by atoms with Crippen LogP contribution in [0.3, 0.4) is 0 Å². The molecule has 3 aliphatic heterocycles. The number of alkyl halides is 1. The maximum absolute atomic E-state index is 14.5. The molecule has 2 bridgehead atoms. The minimum absolute atomic E-state index is 0.0110. The number of benzene rings is 2. The second-order valence-electron chi connectivity index (χ2n) is 10.1. The molecule has 200 valence electrons. The molecule has 0 aromatic heterocycles. The van der Waals surface area contributed by atoms with Gasteiger partial charge in [0.2, 0.25) is 5.91 Å². The molecule has 8 nitrogen and oxygen atoms in total. The van der Waals surface area contributed by atoms with Crippen LogP contribution in [0.1, 0.15) is 13.3 Å². The Morgan fingerprint density at radius 1 is 1.26 bits per heavy atom. The summed E-state index contributed by atoms with van der Waals surface area (Å²) < 4.78 is 11.8. The molecule has 2 amide bonds. The zero-order chi connectivity index (χ0) is 27.2. The third-order valence-corrected chi connectivity index (χ3v) is 8.78. The second-order valence-corrected chi connectivity index (χ2v) is 11.3. The molecule has 1 N–H and O–H groups in total. The third kappa shape index (κ3) is 3.99. The van der Waals surface area contributed by atoms with E-state index in [1.807, 2.05) is 42.5 Å². The van der Waals surface area contributed by atoms with E-state index >= 15 is 0 Å². The van der Waals surface area contributed by atoms with E-state index in [-0.39, 0.29) is 36.4 Å². The number of nitrogens with zero attached hydrogens (tertiary/aromatic N) is 2. The summed E-state index contributed by atoms with van der Waals surface area (Å²) >= 11 is 3.64. The van der Waals surface area contributed by atoms with Gasteiger partial charge >= 0.3 is 5.97 Å². The molecule has 1 spiro atoms. The quantitative estimate of drug-likeness (QED) is 0.277. The molecule has 0 radical (unpaired) electrons. The van der Waals surface area contributed by atoms with E-state index in [2.05, 4.69) is 29.1 Å². The largest absolute Gasteiger partial charge is 0.461 e. The Bertz CT molecular complexity index is 1300. The first-order chi connectivity index (χ1) is 18.3. The Hall–Kier alpha value is -3.01. The van der Waals surface area contributed by atoms with Crippen LogP contribution in [-0.4, -0.2) is 76.2 Å². The normalized spacial score (nSPS) is 30.2. The summed E-state index contributed by atoms with van der Waals surface area (Å²) in [6, 6.07) is 11.9. The molecule has 3 fully saturated rings. The van der Waals surface area contributed by atoms with Crippen molar-refractivity contribution in [2.75, 3.05) is 24.7 Å². The van der Waals surface area contributed by atoms with Crippen molar-refractivity contribution in [3.05, 3.63) is 67.8 Å². The fourth-order valence-corrected chi connectivity index (χ4v) is 7.30. The van der Waals surface area contributed by atoms with Gasteiger partial charge in [-0.25, -0.2) is 0 Å². The molecule has 3 aliphatic rings. The van der Waals surface area contributed by atoms with Gasteiger partial charge in [0.05, 0.1) is 30.6 Å². The van der Waals surface area contributed by atoms with Crippen LogP contribution in [0.25, 0.3) is 10.8 Å². The Morgan fingerprint density at radius 3 is 2.68 bits per heavy atom. The Morgan fingerprint density at radius 2 is 2.00 bits per heavy atom. The predicted octanol–water partition coefficient (Wildman–Crippen LogP) is 3.22. The van der Waals surface area contributed by atoms with Gasteiger partial charge in [-0.3, -0.25) is 14.4 Å². The number of hydrogen-bond acceptors (Lipinski definition) is 6. The average molecular weight is 583 g/mol. The van der Waals surface area contributed by atoms with E-state index in [0.717, 1.165) is 10.8 Å². The topological polar surface area (TPSA) is 96.4 Å². The van der Waals surface area contributed by atoms with Gasteiger partial charge in [0.25, 0.3) is 5.91 Å². The van der Waals surface area contributed by atoms with E-state index in [0.29, 0.717) is 12.1 Å². The van der Waals surface area contributed by atoms with Crippen LogP contribution in [-0.2, 0) is 23.9 Å². The smallest absolute Gasteiger partial charge is 0.312 e. The number of hydrogen-bond donors (Lipinski definition) is 1. The lowest BCUT2D eigenvalue weighted by Gasteiger charge is -2.38. The van der Waals surface area contributed by atoms with E-state index in [9.17, 15) is 19.5 Å². The molecule has 2 aromatic rings. The number of anilines is 1. The van der Waals surface area contributed by atoms with Crippen LogP contribution in [0.5, 0.6) is 0 Å². The number of rotatable bonds is 9. The van der Waals surface area contributed by atoms with Gasteiger partial charge < -0.3 is 24.4 Å². The van der Waals surface area contributed by atoms with Crippen LogP contribution >= 0.6 is 15.9 Å². The first-order valence-electron chi connectivity index (χ1n) is 12.7. The summed E-state index contributed by atoms with van der Waals surface area (Å²) in [6.07, 6.45) is 2.85. The molecule has 9 heteroatoms. The van der Waals surface area contributed by atoms with Crippen LogP contribution in [0.4, 0.5) is 5.69 Å². The number of fused-ring (bicyclic) bond motifs is 2. The molecule has 3 saturated heterocycles. The summed E-state index contributed by atoms with van der Waals surface area (Å²) in [5, 5.41) is 12.1. The van der Waals surface area contributed by atoms with Crippen molar-refractivity contribution in [1.82, 2.24) is 4.90 Å². The van der Waals surface area contributed by atoms with Crippen LogP contribution in [0.15, 0.2) is 67.8 Å². The third-order valence-electron chi connectivity index (χ3n) is 7.94. The standard InChI is InChI=1S/C29H31BrN2O6/c1-4-12-31(20-11-10-18-8-6-7-9-19(18)14-20)27(35)25-29-15-21(30)24(38-29)22(28(36)37-13-5-2)23(29)26(34)32(25)17(3)16-33/h4-11,14,17,21-25,33H,1-2,12-13,15-16H2,3H3/t17-,21?,22+,23+,24+,25?,29?/m1/s1. The van der Waals surface area contributed by atoms with Crippen LogP contribution in [0, 0.1) is 11.8 Å². The van der Waals surface area contributed by atoms with Crippen molar-refractivity contribution in [1.29, 1.82) is 0 Å². The summed E-state index contributed by atoms with van der Waals surface area (Å²) in [7, 11) is 0. The fraction of sp³-hybridized carbons (Fsp3) is 0.414. The van der Waals surface area contributed by atoms with E-state index in [1.165, 1.54) is 11.0 Å². The SMILES string of the molecule is C=CCOC(=O)[C@H]1[C@H]2C(=O)N([C@H](C)CO)C(C(=O)N(CC=C)c3ccc4ccccc4c3)C23CC(Br)[C@@H]1O3. The van der Waals surface area contributed by atoms with Crippen molar-refractivity contribution in [2.24, 2.45) is 11.8 Å². The van der Waals surface area contributed by atoms with Crippen LogP contribution < -0.4 is 4.90 Å². The first kappa shape index (κ1) is 26.6. The number of aliphatic hydroxyl groups excluding tert-OH is 1. The molecule has 0 aliphatic carbocycles. The number of aliphatic hydroxyl groups is 1. The summed E-state index contributed by atoms with van der Waals surface area (Å²) in [6.45, 7) is 9.00. The number of ether oxygens (including phenoxy) is 2. The van der Waals surface area contributed by atoms with Gasteiger partial charge in [0.1, 0.15) is 18.2 Å². The number of halogens is 1. The number of amides is 2. The number of likely N-dealkylation sites (tertiary alicyclic amines) is 1. The summed E-state index contributed by atoms with van der Waals surface area (Å²) in [5.74, 6) is -3.06. The van der Waals surface area contributed by atoms with Crippen LogP contribution in [0.2, 0.25) is 0 Å². The maximum atomic E-state index is 14.5. The van der Waals surface area contributed by atoms with Gasteiger partial charge in [0, 0.05) is 17.1 Å². The number of carbonyl (C=O) groups is 3. The molecule has 38 heavy (non-hydrogen) atoms. The lowest BCUT2D eigenvalue weighted by atomic mass is 9.70. The molecular formula is C29H31BrN2O6. The van der Waals surface area contributed by atoms with Gasteiger partial charge in [-0.05, 0) is 36.2 Å². The fourth-order valence-electron chi connectivity index (χ4n) is 6.36. The monoisotopic (exact) mass is 582 g/mol. The molecule has 5 rings (SSSR count). The zero-order valence-electron chi connectivity index (χ0n) is 21.2. The van der Waals surface area contributed by atoms with Gasteiger partial charge in [0.15, 0.2) is 0 Å². The summed E-state index contributed by atoms with van der Waals surface area (Å²) in [4.78, 5) is 44.4. The lowest BCUT2D eigenvalue weighted by Crippen LogP contribution is -2.58. The van der Waals surface area contributed by atoms with E-state index < -0.39 is 41.6 Å². The van der Waals surface area contributed by atoms with Gasteiger partial charge in [-0.2, -0.15) is 0 Å². The van der Waals surface area contributed by atoms with Gasteiger partial charge in [-0.15, -0.1) is 6.58 Å². The highest BCUT2D eigenvalue weighted by molar-refractivity contribution is 9.09. The Balaban J connectivity index is 1.59. The molecule has 3 heterocycles. The highest BCUT2D eigenvalue weighted by Crippen LogP contribution is 2.60. The predicted molar refractivity (Wildman–Crippen MR) is 147 cm³/mol. The molecule has 2 aromatic carbocycles. The maximum Gasteiger partial charge on any atom is 0.312 e. The minimum Gasteiger partial charge on any atom is -0.461 e. The lowest BCUT2D eigenvalue weighted by molar-refractivity contribution is -0.154. The minimum atomic E-state index is -1.25. The second kappa shape index (κ2) is 10.3. The van der Waals surface area contributed by atoms with E-state index in [1.54, 1.807) is 17.9 Å². The molecular weight excluding hydrogens is 552 g/mol. The molecule has 0 saturated carbocycles. The zero-order valence-corrected chi connectivity index (χ0v) is 22.7. The number of esters is 1. The van der Waals surface area contributed by atoms with Gasteiger partial charge in [-0.1, -0.05) is 65.0 Å². The van der Waals surface area contributed by atoms with Crippen molar-refractivity contribution in [3.63, 3.8) is 0 Å². The van der Waals surface area contributed by atoms with Crippen molar-refractivity contribution < 1.29 is 29.0 Å². The van der Waals surface area contributed by atoms with E-state index in [4.69, 9.17) is 9.47 Å². The van der Waals surface area contributed by atoms with Crippen molar-refractivity contribution in [3.8, 4) is 0 Å². The van der Waals surface area contributed by atoms with Crippen molar-refractivity contribution in [2.45, 2.75) is 42.0 Å². The Kier molecular flexibility index (Phi) is 7.19. The average Bonchev–Trinajstić information content (AvgIpc) is 3.52. The number of carbonyl (C=O) groups excluding carboxylic acids is 3. The molecule has 3 unspecified atom stereocenters. The van der Waals surface area contributed by atoms with Crippen molar-refractivity contribution >= 4 is 50.2 Å². The highest BCUT2D eigenvalue weighted by atomic mass is 79.9. The Labute approximate surface area is 230 Å². The first-order valence-corrected chi connectivity index (χ1v) is 13.6. The highest BCUT2D eigenvalue weighted by Gasteiger charge is 2.77. The molecule has 7 atom stereocenters. The summed E-state index contributed by atoms with van der Waals surface area (Å²) in [5.41, 5.74) is -0.590.